The van der Waals surface area contributed by atoms with E-state index >= 15 is 0 Å². The Labute approximate surface area is 123 Å². The lowest BCUT2D eigenvalue weighted by molar-refractivity contribution is 0.465. The summed E-state index contributed by atoms with van der Waals surface area (Å²) in [6.07, 6.45) is 0. The summed E-state index contributed by atoms with van der Waals surface area (Å²) in [5, 5.41) is 7.19. The Balaban J connectivity index is 4.32. The Hall–Kier alpha value is -1.34. The summed E-state index contributed by atoms with van der Waals surface area (Å²) < 4.78 is 93.3. The van der Waals surface area contributed by atoms with Gasteiger partial charge in [0.25, 0.3) is 20.2 Å². The average Bonchev–Trinajstić information content (AvgIpc) is 2.23. The molecule has 0 bridgehead atoms. The molecule has 0 unspecified atom stereocenters. The van der Waals surface area contributed by atoms with Crippen LogP contribution in [-0.2, 0) is 30.4 Å². The van der Waals surface area contributed by atoms with Gasteiger partial charge in [-0.1, -0.05) is 11.6 Å². The molecule has 0 saturated heterocycles. The highest BCUT2D eigenvalue weighted by atomic mass is 35.5. The second-order valence-electron chi connectivity index (χ2n) is 3.39. The van der Waals surface area contributed by atoms with E-state index in [9.17, 15) is 25.3 Å². The van der Waals surface area contributed by atoms with Gasteiger partial charge in [-0.05, 0) is 0 Å². The summed E-state index contributed by atoms with van der Waals surface area (Å²) >= 11 is 5.34. The van der Waals surface area contributed by atoms with Gasteiger partial charge in [-0.2, -0.15) is 25.3 Å². The molecule has 0 heterocycles. The predicted molar refractivity (Wildman–Crippen MR) is 65.6 cm³/mol. The highest BCUT2D eigenvalue weighted by Crippen LogP contribution is 2.40. The lowest BCUT2D eigenvalue weighted by Crippen LogP contribution is -2.12. The molecule has 0 amide bonds. The maximum absolute atomic E-state index is 11.2. The Bertz CT molecular complexity index is 971. The van der Waals surface area contributed by atoms with Gasteiger partial charge < -0.3 is 0 Å². The van der Waals surface area contributed by atoms with Crippen molar-refractivity contribution in [2.24, 2.45) is 0 Å². The van der Waals surface area contributed by atoms with Crippen molar-refractivity contribution in [3.63, 3.8) is 0 Å². The van der Waals surface area contributed by atoms with E-state index in [-0.39, 0.29) is 6.07 Å². The number of nitrogens with zero attached hydrogens (tertiary/aromatic N) is 2. The minimum Gasteiger partial charge on any atom is -0.282 e. The lowest BCUT2D eigenvalue weighted by Gasteiger charge is -2.07. The summed E-state index contributed by atoms with van der Waals surface area (Å²) in [5.41, 5.74) is -1.29. The van der Waals surface area contributed by atoms with Crippen molar-refractivity contribution in [3.8, 4) is 0 Å². The van der Waals surface area contributed by atoms with E-state index < -0.39 is 55.8 Å². The van der Waals surface area contributed by atoms with Gasteiger partial charge in [0.2, 0.25) is 10.3 Å². The van der Waals surface area contributed by atoms with Crippen LogP contribution in [0.4, 0.5) is 5.69 Å². The molecule has 0 aliphatic carbocycles. The molecule has 1 aromatic rings. The van der Waals surface area contributed by atoms with Crippen molar-refractivity contribution >= 4 is 47.6 Å². The molecular weight excluding hydrogens is 376 g/mol. The van der Waals surface area contributed by atoms with Gasteiger partial charge >= 0.3 is 15.8 Å². The molecule has 11 nitrogen and oxygen atoms in total. The number of rotatable bonds is 3. The van der Waals surface area contributed by atoms with Crippen LogP contribution in [0.3, 0.4) is 0 Å². The molecule has 116 valence electrons. The van der Waals surface area contributed by atoms with Crippen molar-refractivity contribution < 1.29 is 38.9 Å². The van der Waals surface area contributed by atoms with E-state index in [1.807, 2.05) is 0 Å². The first-order valence-corrected chi connectivity index (χ1v) is 9.05. The molecule has 21 heavy (non-hydrogen) atoms. The molecule has 0 aliphatic rings. The van der Waals surface area contributed by atoms with Crippen LogP contribution in [0.15, 0.2) is 20.8 Å². The minimum atomic E-state index is -5.48. The Morgan fingerprint density at radius 2 is 1.33 bits per heavy atom. The lowest BCUT2D eigenvalue weighted by atomic mass is 10.3. The van der Waals surface area contributed by atoms with Crippen molar-refractivity contribution in [2.75, 3.05) is 0 Å². The van der Waals surface area contributed by atoms with Gasteiger partial charge in [-0.15, -0.1) is 0 Å². The largest absolute Gasteiger partial charge is 0.408 e. The van der Waals surface area contributed by atoms with E-state index in [0.29, 0.717) is 0 Å². The zero-order chi connectivity index (χ0) is 16.8. The van der Waals surface area contributed by atoms with Crippen LogP contribution in [-0.4, -0.2) is 38.9 Å². The quantitative estimate of drug-likeness (QED) is 0.493. The minimum absolute atomic E-state index is 0.176. The predicted octanol–water partition coefficient (Wildman–Crippen LogP) is 0.565. The van der Waals surface area contributed by atoms with Crippen molar-refractivity contribution in [1.82, 2.24) is 0 Å². The molecule has 0 radical (unpaired) electrons. The molecule has 1 aromatic carbocycles. The summed E-state index contributed by atoms with van der Waals surface area (Å²) in [7, 11) is -16.0. The highest BCUT2D eigenvalue weighted by Gasteiger charge is 2.40. The van der Waals surface area contributed by atoms with Gasteiger partial charge in [0.1, 0.15) is 9.79 Å². The number of diazo groups is 1. The molecule has 1 rings (SSSR count). The van der Waals surface area contributed by atoms with E-state index in [1.54, 1.807) is 0 Å². The van der Waals surface area contributed by atoms with Gasteiger partial charge in [-0.3, -0.25) is 13.7 Å². The van der Waals surface area contributed by atoms with Crippen LogP contribution in [0, 0.1) is 5.39 Å². The number of hydrogen-bond acceptors (Lipinski definition) is 7. The van der Waals surface area contributed by atoms with Crippen molar-refractivity contribution in [3.05, 3.63) is 16.1 Å². The Morgan fingerprint density at radius 1 is 0.905 bits per heavy atom. The van der Waals surface area contributed by atoms with Crippen LogP contribution < -0.4 is 0 Å². The SMILES string of the molecule is N#[N+]c1cc(S(=O)(=O)O)c(Cl)c(S(=O)(=O)O)c1S(=O)(=O)O. The monoisotopic (exact) mass is 379 g/mol. The molecule has 0 fully saturated rings. The number of hydrogen-bond donors (Lipinski definition) is 3. The van der Waals surface area contributed by atoms with Crippen LogP contribution in [0.1, 0.15) is 0 Å². The fourth-order valence-corrected chi connectivity index (χ4v) is 4.77. The highest BCUT2D eigenvalue weighted by molar-refractivity contribution is 7.89. The first kappa shape index (κ1) is 17.7. The summed E-state index contributed by atoms with van der Waals surface area (Å²) in [6.45, 7) is 0. The topological polar surface area (TPSA) is 191 Å². The molecule has 0 atom stereocenters. The van der Waals surface area contributed by atoms with Crippen LogP contribution in [0.2, 0.25) is 5.02 Å². The van der Waals surface area contributed by atoms with Crippen LogP contribution >= 0.6 is 11.6 Å². The van der Waals surface area contributed by atoms with Crippen molar-refractivity contribution in [2.45, 2.75) is 14.7 Å². The third kappa shape index (κ3) is 3.47. The first-order valence-electron chi connectivity index (χ1n) is 4.35. The van der Waals surface area contributed by atoms with E-state index in [2.05, 4.69) is 4.98 Å². The molecule has 0 aromatic heterocycles. The maximum atomic E-state index is 11.2. The molecule has 0 spiro atoms. The fraction of sp³-hybridized carbons (Fsp3) is 0. The van der Waals surface area contributed by atoms with Crippen LogP contribution in [0.5, 0.6) is 0 Å². The van der Waals surface area contributed by atoms with Gasteiger partial charge in [0.05, 0.1) is 11.1 Å². The smallest absolute Gasteiger partial charge is 0.282 e. The van der Waals surface area contributed by atoms with E-state index in [4.69, 9.17) is 30.7 Å². The van der Waals surface area contributed by atoms with E-state index in [1.165, 1.54) is 0 Å². The Morgan fingerprint density at radius 3 is 1.62 bits per heavy atom. The molecule has 0 saturated carbocycles. The molecule has 0 aliphatic heterocycles. The molecule has 3 N–H and O–H groups in total. The van der Waals surface area contributed by atoms with E-state index in [0.717, 1.165) is 0 Å². The molecular formula is C6H4ClN2O9S3+. The maximum Gasteiger partial charge on any atom is 0.408 e. The summed E-state index contributed by atoms with van der Waals surface area (Å²) in [6, 6.07) is 0.176. The zero-order valence-electron chi connectivity index (χ0n) is 9.37. The normalized spacial score (nSPS) is 12.9. The second kappa shape index (κ2) is 5.14. The van der Waals surface area contributed by atoms with Gasteiger partial charge in [0, 0.05) is 0 Å². The standard InChI is InChI=1S/C6H3ClN2O9S3/c7-4-3(19(10,11)12)1-2(9-8)5(20(13,14)15)6(4)21(16,17)18/h1H,(H2-,10,11,12,13,14,15,16,17,18)/p+1. The molecule has 15 heteroatoms. The first-order chi connectivity index (χ1) is 9.21. The summed E-state index contributed by atoms with van der Waals surface area (Å²) in [4.78, 5) is -2.52. The summed E-state index contributed by atoms with van der Waals surface area (Å²) in [5.74, 6) is 0. The zero-order valence-corrected chi connectivity index (χ0v) is 12.6. The fourth-order valence-electron chi connectivity index (χ4n) is 1.32. The average molecular weight is 380 g/mol. The number of halogens is 1. The van der Waals surface area contributed by atoms with Crippen LogP contribution in [0.25, 0.3) is 4.98 Å². The second-order valence-corrected chi connectivity index (χ2v) is 7.88. The van der Waals surface area contributed by atoms with Crippen molar-refractivity contribution in [1.29, 1.82) is 5.39 Å². The Kier molecular flexibility index (Phi) is 4.33. The van der Waals surface area contributed by atoms with Gasteiger partial charge in [0.15, 0.2) is 4.98 Å². The van der Waals surface area contributed by atoms with Gasteiger partial charge in [-0.25, -0.2) is 0 Å². The third-order valence-corrected chi connectivity index (χ3v) is 5.50. The number of benzene rings is 1. The third-order valence-electron chi connectivity index (χ3n) is 2.02.